The van der Waals surface area contributed by atoms with Gasteiger partial charge in [-0.05, 0) is 64.4 Å². The molecular weight excluding hydrogens is 585 g/mol. The molecule has 0 radical (unpaired) electrons. The molecule has 37 heavy (non-hydrogen) atoms. The predicted octanol–water partition coefficient (Wildman–Crippen LogP) is 5.87. The zero-order valence-corrected chi connectivity index (χ0v) is 22.9. The lowest BCUT2D eigenvalue weighted by molar-refractivity contribution is -0.534. The van der Waals surface area contributed by atoms with Crippen molar-refractivity contribution in [2.45, 2.75) is 24.1 Å². The number of nitrogens with zero attached hydrogens (tertiary/aromatic N) is 2. The minimum absolute atomic E-state index is 0.203. The number of likely N-dealkylation sites (tertiary alicyclic amines) is 1. The Balaban J connectivity index is 1.51. The van der Waals surface area contributed by atoms with Crippen molar-refractivity contribution in [3.05, 3.63) is 95.9 Å². The number of nitro groups is 1. The van der Waals surface area contributed by atoms with Crippen molar-refractivity contribution in [3.8, 4) is 11.5 Å². The number of carbonyl (C=O) groups excluding carboxylic acids is 1. The predicted molar refractivity (Wildman–Crippen MR) is 144 cm³/mol. The highest BCUT2D eigenvalue weighted by Crippen LogP contribution is 2.53. The van der Waals surface area contributed by atoms with Gasteiger partial charge in [-0.25, -0.2) is 0 Å². The number of nitrogens with one attached hydrogen (secondary N) is 1. The van der Waals surface area contributed by atoms with Gasteiger partial charge in [0.05, 0.1) is 27.5 Å². The van der Waals surface area contributed by atoms with Crippen LogP contribution in [0.2, 0.25) is 10.0 Å². The quantitative estimate of drug-likeness (QED) is 0.279. The fourth-order valence-electron chi connectivity index (χ4n) is 5.46. The Morgan fingerprint density at radius 2 is 1.95 bits per heavy atom. The van der Waals surface area contributed by atoms with Gasteiger partial charge in [-0.3, -0.25) is 19.8 Å². The number of likely N-dealkylation sites (N-methyl/N-ethyl adjacent to an activating group) is 1. The lowest BCUT2D eigenvalue weighted by Crippen LogP contribution is -2.54. The Hall–Kier alpha value is -2.85. The molecule has 0 saturated carbocycles. The third-order valence-corrected chi connectivity index (χ3v) is 8.42. The van der Waals surface area contributed by atoms with E-state index in [2.05, 4.69) is 21.2 Å². The standard InChI is InChI=1S/C26H22BrCl2N3O5/c1-31-12-16(24(32(34)35)26(31)17-5-3-4-6-21(17)30-25(26)33)15-10-18(27)23(22(11-15)36-2)37-13-14-7-8-19(28)20(29)9-14/h3-11,16,24H,12-13H2,1-2H3,(H,30,33)/t16-,24+,26-/m0/s1. The van der Waals surface area contributed by atoms with Gasteiger partial charge in [0.1, 0.15) is 6.61 Å². The van der Waals surface area contributed by atoms with Crippen molar-refractivity contribution in [1.29, 1.82) is 0 Å². The van der Waals surface area contributed by atoms with Crippen molar-refractivity contribution in [2.24, 2.45) is 0 Å². The van der Waals surface area contributed by atoms with Gasteiger partial charge in [0.25, 0.3) is 11.9 Å². The second kappa shape index (κ2) is 9.79. The van der Waals surface area contributed by atoms with E-state index in [-0.39, 0.29) is 11.5 Å². The van der Waals surface area contributed by atoms with Crippen molar-refractivity contribution in [2.75, 3.05) is 26.0 Å². The fraction of sp³-hybridized carbons (Fsp3) is 0.269. The molecule has 0 aliphatic carbocycles. The van der Waals surface area contributed by atoms with Crippen LogP contribution in [-0.2, 0) is 16.9 Å². The highest BCUT2D eigenvalue weighted by atomic mass is 79.9. The number of amides is 1. The summed E-state index contributed by atoms with van der Waals surface area (Å²) in [6, 6.07) is 14.7. The lowest BCUT2D eigenvalue weighted by atomic mass is 9.79. The summed E-state index contributed by atoms with van der Waals surface area (Å²) in [5.74, 6) is -0.134. The first-order chi connectivity index (χ1) is 17.7. The Morgan fingerprint density at radius 3 is 2.65 bits per heavy atom. The summed E-state index contributed by atoms with van der Waals surface area (Å²) in [4.78, 5) is 27.4. The van der Waals surface area contributed by atoms with E-state index in [0.717, 1.165) is 5.56 Å². The van der Waals surface area contributed by atoms with Gasteiger partial charge < -0.3 is 14.8 Å². The fourth-order valence-corrected chi connectivity index (χ4v) is 6.35. The van der Waals surface area contributed by atoms with Crippen molar-refractivity contribution >= 4 is 50.7 Å². The zero-order chi connectivity index (χ0) is 26.5. The van der Waals surface area contributed by atoms with Gasteiger partial charge in [0.15, 0.2) is 17.0 Å². The van der Waals surface area contributed by atoms with Crippen LogP contribution in [0.4, 0.5) is 5.69 Å². The number of para-hydroxylation sites is 1. The minimum atomic E-state index is -1.42. The number of anilines is 1. The van der Waals surface area contributed by atoms with E-state index in [1.54, 1.807) is 60.5 Å². The number of hydrogen-bond donors (Lipinski definition) is 1. The van der Waals surface area contributed by atoms with Crippen LogP contribution in [0.5, 0.6) is 11.5 Å². The molecule has 2 aliphatic rings. The maximum atomic E-state index is 13.3. The summed E-state index contributed by atoms with van der Waals surface area (Å²) in [5, 5.41) is 16.3. The molecule has 1 saturated heterocycles. The summed E-state index contributed by atoms with van der Waals surface area (Å²) >= 11 is 15.7. The largest absolute Gasteiger partial charge is 0.493 e. The smallest absolute Gasteiger partial charge is 0.256 e. The van der Waals surface area contributed by atoms with E-state index in [0.29, 0.717) is 49.4 Å². The highest BCUT2D eigenvalue weighted by molar-refractivity contribution is 9.10. The van der Waals surface area contributed by atoms with E-state index in [4.69, 9.17) is 32.7 Å². The molecule has 192 valence electrons. The molecule has 1 amide bonds. The lowest BCUT2D eigenvalue weighted by Gasteiger charge is -2.30. The van der Waals surface area contributed by atoms with E-state index < -0.39 is 23.4 Å². The molecule has 1 spiro atoms. The minimum Gasteiger partial charge on any atom is -0.493 e. The van der Waals surface area contributed by atoms with Crippen LogP contribution in [0.1, 0.15) is 22.6 Å². The van der Waals surface area contributed by atoms with Crippen LogP contribution in [0.15, 0.2) is 59.1 Å². The molecule has 1 fully saturated rings. The molecule has 1 N–H and O–H groups in total. The highest BCUT2D eigenvalue weighted by Gasteiger charge is 2.68. The number of methoxy groups -OCH3 is 1. The van der Waals surface area contributed by atoms with Gasteiger partial charge in [-0.1, -0.05) is 47.5 Å². The molecule has 2 aliphatic heterocycles. The van der Waals surface area contributed by atoms with Gasteiger partial charge in [-0.2, -0.15) is 0 Å². The summed E-state index contributed by atoms with van der Waals surface area (Å²) in [7, 11) is 3.25. The zero-order valence-electron chi connectivity index (χ0n) is 19.8. The Bertz CT molecular complexity index is 1420. The molecule has 3 aromatic carbocycles. The van der Waals surface area contributed by atoms with Crippen LogP contribution in [0, 0.1) is 10.1 Å². The maximum absolute atomic E-state index is 13.3. The maximum Gasteiger partial charge on any atom is 0.256 e. The first-order valence-corrected chi connectivity index (χ1v) is 12.9. The van der Waals surface area contributed by atoms with Crippen LogP contribution in [0.25, 0.3) is 0 Å². The number of rotatable bonds is 6. The number of carbonyl (C=O) groups is 1. The van der Waals surface area contributed by atoms with Crippen molar-refractivity contribution in [3.63, 3.8) is 0 Å². The van der Waals surface area contributed by atoms with Gasteiger partial charge >= 0.3 is 0 Å². The summed E-state index contributed by atoms with van der Waals surface area (Å²) in [6.07, 6.45) is 0. The van der Waals surface area contributed by atoms with E-state index in [1.165, 1.54) is 7.11 Å². The third-order valence-electron chi connectivity index (χ3n) is 7.09. The molecule has 0 unspecified atom stereocenters. The summed E-state index contributed by atoms with van der Waals surface area (Å²) in [5.41, 5.74) is 1.25. The van der Waals surface area contributed by atoms with Gasteiger partial charge in [0.2, 0.25) is 0 Å². The average Bonchev–Trinajstić information content (AvgIpc) is 3.34. The van der Waals surface area contributed by atoms with Gasteiger partial charge in [0, 0.05) is 22.7 Å². The molecule has 3 aromatic rings. The number of ether oxygens (including phenoxy) is 2. The number of benzene rings is 3. The van der Waals surface area contributed by atoms with Crippen LogP contribution in [0.3, 0.4) is 0 Å². The molecule has 11 heteroatoms. The monoisotopic (exact) mass is 605 g/mol. The van der Waals surface area contributed by atoms with Gasteiger partial charge in [-0.15, -0.1) is 0 Å². The average molecular weight is 607 g/mol. The second-order valence-electron chi connectivity index (χ2n) is 9.05. The molecular formula is C26H22BrCl2N3O5. The summed E-state index contributed by atoms with van der Waals surface area (Å²) in [6.45, 7) is 0.501. The van der Waals surface area contributed by atoms with E-state index in [9.17, 15) is 14.9 Å². The molecule has 8 nitrogen and oxygen atoms in total. The normalized spacial score (nSPS) is 22.7. The molecule has 5 rings (SSSR count). The third kappa shape index (κ3) is 4.14. The van der Waals surface area contributed by atoms with Crippen LogP contribution >= 0.6 is 39.1 Å². The van der Waals surface area contributed by atoms with E-state index in [1.807, 2.05) is 6.07 Å². The van der Waals surface area contributed by atoms with Crippen molar-refractivity contribution < 1.29 is 19.2 Å². The number of halogens is 3. The first kappa shape index (κ1) is 25.8. The number of fused-ring (bicyclic) bond motifs is 2. The topological polar surface area (TPSA) is 93.9 Å². The molecule has 0 bridgehead atoms. The summed E-state index contributed by atoms with van der Waals surface area (Å²) < 4.78 is 12.2. The molecule has 0 aromatic heterocycles. The van der Waals surface area contributed by atoms with Crippen molar-refractivity contribution in [1.82, 2.24) is 4.90 Å². The molecule has 2 heterocycles. The SMILES string of the molecule is COc1cc([C@@H]2CN(C)[C@]3(C(=O)Nc4ccccc43)[C@@H]2[N+](=O)[O-])cc(Br)c1OCc1ccc(Cl)c(Cl)c1. The first-order valence-electron chi connectivity index (χ1n) is 11.4. The van der Waals surface area contributed by atoms with Crippen LogP contribution in [-0.4, -0.2) is 42.5 Å². The Kier molecular flexibility index (Phi) is 6.83. The second-order valence-corrected chi connectivity index (χ2v) is 10.7. The Labute approximate surface area is 231 Å². The number of hydrogen-bond acceptors (Lipinski definition) is 6. The molecule has 3 atom stereocenters. The Morgan fingerprint density at radius 1 is 1.19 bits per heavy atom. The van der Waals surface area contributed by atoms with E-state index >= 15 is 0 Å². The van der Waals surface area contributed by atoms with Crippen LogP contribution < -0.4 is 14.8 Å².